The molecule has 0 aromatic heterocycles. The molecule has 0 radical (unpaired) electrons. The maximum Gasteiger partial charge on any atom is 0.0973 e. The summed E-state index contributed by atoms with van der Waals surface area (Å²) in [6, 6.07) is 15.2. The third-order valence-electron chi connectivity index (χ3n) is 4.92. The Balaban J connectivity index is 2.08. The lowest BCUT2D eigenvalue weighted by atomic mass is 10.1. The van der Waals surface area contributed by atoms with E-state index < -0.39 is 14.2 Å². The fraction of sp³-hybridized carbons (Fsp3) is 0.647. The molecule has 0 nitrogen and oxygen atoms in total. The quantitative estimate of drug-likeness (QED) is 0.480. The van der Waals surface area contributed by atoms with Gasteiger partial charge in [0.2, 0.25) is 0 Å². The van der Waals surface area contributed by atoms with E-state index in [4.69, 9.17) is 0 Å². The number of alkyl halides is 2. The molecule has 1 aliphatic heterocycles. The Hall–Kier alpha value is -0.153. The van der Waals surface area contributed by atoms with Crippen LogP contribution < -0.4 is 5.19 Å². The van der Waals surface area contributed by atoms with E-state index in [1.54, 1.807) is 12.1 Å². The maximum absolute atomic E-state index is 13.1. The van der Waals surface area contributed by atoms with E-state index in [1.165, 1.54) is 31.0 Å². The molecule has 1 saturated heterocycles. The van der Waals surface area contributed by atoms with E-state index in [9.17, 15) is 4.39 Å². The molecule has 0 bridgehead atoms. The Morgan fingerprint density at radius 2 is 1.90 bits per heavy atom. The van der Waals surface area contributed by atoms with E-state index in [-0.39, 0.29) is 0 Å². The van der Waals surface area contributed by atoms with E-state index in [2.05, 4.69) is 46.3 Å². The van der Waals surface area contributed by atoms with Crippen LogP contribution in [0.1, 0.15) is 32.6 Å². The summed E-state index contributed by atoms with van der Waals surface area (Å²) in [5, 5.41) is 2.76. The third kappa shape index (κ3) is 4.17. The van der Waals surface area contributed by atoms with Gasteiger partial charge >= 0.3 is 0 Å². The van der Waals surface area contributed by atoms with Gasteiger partial charge in [0.1, 0.15) is 0 Å². The highest BCUT2D eigenvalue weighted by atomic mass is 79.9. The van der Waals surface area contributed by atoms with Crippen molar-refractivity contribution in [3.05, 3.63) is 30.3 Å². The van der Waals surface area contributed by atoms with Crippen LogP contribution in [0.3, 0.4) is 0 Å². The second-order valence-electron chi connectivity index (χ2n) is 6.42. The molecule has 1 fully saturated rings. The van der Waals surface area contributed by atoms with Crippen molar-refractivity contribution in [1.82, 2.24) is 0 Å². The van der Waals surface area contributed by atoms with Crippen LogP contribution in [0.2, 0.25) is 18.1 Å². The Kier molecular flexibility index (Phi) is 6.28. The van der Waals surface area contributed by atoms with Crippen LogP contribution in [0, 0.1) is 5.92 Å². The minimum Gasteiger partial charge on any atom is -0.248 e. The van der Waals surface area contributed by atoms with Crippen molar-refractivity contribution < 1.29 is 4.39 Å². The highest BCUT2D eigenvalue weighted by Crippen LogP contribution is 2.37. The molecule has 1 aromatic carbocycles. The number of rotatable bonds is 6. The molecule has 112 valence electrons. The summed E-state index contributed by atoms with van der Waals surface area (Å²) in [4.78, 5) is 0. The fourth-order valence-electron chi connectivity index (χ4n) is 3.58. The lowest BCUT2D eigenvalue weighted by molar-refractivity contribution is 0.338. The molecule has 1 heterocycles. The predicted octanol–water partition coefficient (Wildman–Crippen LogP) is 5.29. The maximum atomic E-state index is 13.1. The molecule has 0 aliphatic carbocycles. The molecule has 0 N–H and O–H groups in total. The fourth-order valence-corrected chi connectivity index (χ4v) is 9.55. The van der Waals surface area contributed by atoms with Crippen molar-refractivity contribution in [3.63, 3.8) is 0 Å². The third-order valence-corrected chi connectivity index (χ3v) is 11.2. The summed E-state index contributed by atoms with van der Waals surface area (Å²) >= 11 is 3.64. The molecule has 3 heteroatoms. The molecular weight excluding hydrogens is 331 g/mol. The molecule has 1 aromatic rings. The Labute approximate surface area is 132 Å². The lowest BCUT2D eigenvalue weighted by Gasteiger charge is -2.39. The van der Waals surface area contributed by atoms with Gasteiger partial charge in [-0.05, 0) is 19.3 Å². The van der Waals surface area contributed by atoms with Crippen LogP contribution in [0.15, 0.2) is 30.3 Å². The molecule has 1 atom stereocenters. The minimum atomic E-state index is -1.37. The van der Waals surface area contributed by atoms with Crippen molar-refractivity contribution in [2.45, 2.75) is 56.9 Å². The standard InChI is InChI=1S/C17H26BrFSi/c1-15(19)6-5-11-20(17-7-3-2-4-8-17)12-9-16(14-18)10-13-20/h2-4,7-8,15-16H,5-6,9-14H2,1H3. The Morgan fingerprint density at radius 3 is 2.45 bits per heavy atom. The second-order valence-corrected chi connectivity index (χ2v) is 11.7. The minimum absolute atomic E-state index is 0.643. The summed E-state index contributed by atoms with van der Waals surface area (Å²) in [6.07, 6.45) is 3.88. The molecule has 0 amide bonds. The normalized spacial score (nSPS) is 28.2. The first-order chi connectivity index (χ1) is 9.66. The Morgan fingerprint density at radius 1 is 1.25 bits per heavy atom. The monoisotopic (exact) mass is 356 g/mol. The largest absolute Gasteiger partial charge is 0.248 e. The summed E-state index contributed by atoms with van der Waals surface area (Å²) in [5.41, 5.74) is 0. The van der Waals surface area contributed by atoms with Gasteiger partial charge in [0.05, 0.1) is 14.2 Å². The number of hydrogen-bond acceptors (Lipinski definition) is 0. The average Bonchev–Trinajstić information content (AvgIpc) is 2.48. The SMILES string of the molecule is CC(F)CCC[Si]1(c2ccccc2)CCC(CBr)CC1. The van der Waals surface area contributed by atoms with Crippen LogP contribution in [-0.4, -0.2) is 19.6 Å². The molecule has 1 aliphatic rings. The van der Waals surface area contributed by atoms with Crippen molar-refractivity contribution in [2.75, 3.05) is 5.33 Å². The summed E-state index contributed by atoms with van der Waals surface area (Å²) < 4.78 is 13.1. The van der Waals surface area contributed by atoms with Crippen molar-refractivity contribution in [3.8, 4) is 0 Å². The van der Waals surface area contributed by atoms with E-state index >= 15 is 0 Å². The highest BCUT2D eigenvalue weighted by molar-refractivity contribution is 9.09. The van der Waals surface area contributed by atoms with Gasteiger partial charge in [-0.2, -0.15) is 0 Å². The van der Waals surface area contributed by atoms with E-state index in [0.717, 1.165) is 24.1 Å². The average molecular weight is 357 g/mol. The van der Waals surface area contributed by atoms with E-state index in [1.807, 2.05) is 0 Å². The van der Waals surface area contributed by atoms with Gasteiger partial charge in [0.25, 0.3) is 0 Å². The first-order valence-corrected chi connectivity index (χ1v) is 11.7. The van der Waals surface area contributed by atoms with Gasteiger partial charge < -0.3 is 0 Å². The molecule has 20 heavy (non-hydrogen) atoms. The van der Waals surface area contributed by atoms with Gasteiger partial charge in [-0.25, -0.2) is 4.39 Å². The van der Waals surface area contributed by atoms with Gasteiger partial charge in [-0.15, -0.1) is 0 Å². The lowest BCUT2D eigenvalue weighted by Crippen LogP contribution is -2.50. The van der Waals surface area contributed by atoms with Gasteiger partial charge in [-0.3, -0.25) is 0 Å². The van der Waals surface area contributed by atoms with Crippen molar-refractivity contribution in [2.24, 2.45) is 5.92 Å². The highest BCUT2D eigenvalue weighted by Gasteiger charge is 2.38. The van der Waals surface area contributed by atoms with Gasteiger partial charge in [-0.1, -0.05) is 88.8 Å². The summed E-state index contributed by atoms with van der Waals surface area (Å²) in [6.45, 7) is 1.69. The zero-order valence-electron chi connectivity index (χ0n) is 12.5. The van der Waals surface area contributed by atoms with Crippen LogP contribution >= 0.6 is 15.9 Å². The van der Waals surface area contributed by atoms with Crippen LogP contribution in [0.25, 0.3) is 0 Å². The molecule has 0 saturated carbocycles. The van der Waals surface area contributed by atoms with Crippen molar-refractivity contribution >= 4 is 29.2 Å². The van der Waals surface area contributed by atoms with Crippen LogP contribution in [-0.2, 0) is 0 Å². The molecule has 1 unspecified atom stereocenters. The first-order valence-electron chi connectivity index (χ1n) is 7.92. The zero-order chi connectivity index (χ0) is 14.4. The molecule has 2 rings (SSSR count). The van der Waals surface area contributed by atoms with E-state index in [0.29, 0.717) is 0 Å². The summed E-state index contributed by atoms with van der Waals surface area (Å²) in [5.74, 6) is 0.861. The topological polar surface area (TPSA) is 0 Å². The van der Waals surface area contributed by atoms with Crippen molar-refractivity contribution in [1.29, 1.82) is 0 Å². The zero-order valence-corrected chi connectivity index (χ0v) is 15.0. The molecule has 0 spiro atoms. The number of hydrogen-bond donors (Lipinski definition) is 0. The smallest absolute Gasteiger partial charge is 0.0973 e. The second kappa shape index (κ2) is 7.74. The Bertz CT molecular complexity index is 385. The van der Waals surface area contributed by atoms with Gasteiger partial charge in [0, 0.05) is 5.33 Å². The van der Waals surface area contributed by atoms with Crippen LogP contribution in [0.5, 0.6) is 0 Å². The predicted molar refractivity (Wildman–Crippen MR) is 92.6 cm³/mol. The number of benzene rings is 1. The number of halogens is 2. The van der Waals surface area contributed by atoms with Gasteiger partial charge in [0.15, 0.2) is 0 Å². The first kappa shape index (κ1) is 16.2. The van der Waals surface area contributed by atoms with Crippen LogP contribution in [0.4, 0.5) is 4.39 Å². The molecular formula is C17H26BrFSi. The summed E-state index contributed by atoms with van der Waals surface area (Å²) in [7, 11) is -1.37.